The van der Waals surface area contributed by atoms with Gasteiger partial charge in [-0.1, -0.05) is 23.7 Å². The molecule has 168 valence electrons. The third-order valence-electron chi connectivity index (χ3n) is 5.64. The first-order valence-electron chi connectivity index (χ1n) is 10.0. The van der Waals surface area contributed by atoms with E-state index in [0.29, 0.717) is 30.1 Å². The van der Waals surface area contributed by atoms with Gasteiger partial charge in [-0.15, -0.1) is 0 Å². The van der Waals surface area contributed by atoms with Crippen LogP contribution in [0.25, 0.3) is 22.3 Å². The van der Waals surface area contributed by atoms with E-state index in [0.717, 1.165) is 7.11 Å². The number of β-amino-alcohol motifs (C(OH)–C–C–N with tert-alkyl or cyclic N) is 1. The molecule has 0 amide bonds. The third kappa shape index (κ3) is 4.04. The number of ether oxygens (including phenoxy) is 2. The second kappa shape index (κ2) is 8.82. The van der Waals surface area contributed by atoms with Crippen LogP contribution in [0, 0.1) is 0 Å². The van der Waals surface area contributed by atoms with Gasteiger partial charge in [0.25, 0.3) is 0 Å². The number of benzene rings is 2. The van der Waals surface area contributed by atoms with Crippen LogP contribution in [-0.4, -0.2) is 54.6 Å². The van der Waals surface area contributed by atoms with Crippen LogP contribution in [0.1, 0.15) is 17.9 Å². The maximum absolute atomic E-state index is 13.2. The van der Waals surface area contributed by atoms with Crippen molar-refractivity contribution in [3.8, 4) is 22.8 Å². The molecule has 1 aliphatic heterocycles. The van der Waals surface area contributed by atoms with Gasteiger partial charge in [-0.3, -0.25) is 4.79 Å². The standard InChI is InChI=1S/C23H22ClNO7/c1-25-8-7-13(17(28)11-25)20-15(26)10-19(32-23(29)30-2)21-16(27)9-18(31-22(20)21)12-5-3-4-6-14(12)24/h3-6,9-10,13,17,26,28H,7-8,11H2,1-2H3/t13-,17+/m0/s1. The summed E-state index contributed by atoms with van der Waals surface area (Å²) < 4.78 is 15.7. The fourth-order valence-corrected chi connectivity index (χ4v) is 4.33. The number of nitrogens with zero attached hydrogens (tertiary/aromatic N) is 1. The Hall–Kier alpha value is -3.07. The molecule has 4 rings (SSSR count). The van der Waals surface area contributed by atoms with Crippen LogP contribution >= 0.6 is 11.6 Å². The summed E-state index contributed by atoms with van der Waals surface area (Å²) in [4.78, 5) is 26.9. The van der Waals surface area contributed by atoms with Crippen LogP contribution in [0.3, 0.4) is 0 Å². The van der Waals surface area contributed by atoms with Gasteiger partial charge in [0.15, 0.2) is 11.2 Å². The Kier molecular flexibility index (Phi) is 6.10. The number of likely N-dealkylation sites (N-methyl/N-ethyl adjacent to an activating group) is 1. The molecule has 2 aromatic carbocycles. The highest BCUT2D eigenvalue weighted by Crippen LogP contribution is 2.43. The number of rotatable bonds is 3. The molecule has 3 aromatic rings. The highest BCUT2D eigenvalue weighted by Gasteiger charge is 2.33. The number of aliphatic hydroxyl groups excluding tert-OH is 1. The van der Waals surface area contributed by atoms with Gasteiger partial charge < -0.3 is 29.0 Å². The molecule has 9 heteroatoms. The molecule has 1 aromatic heterocycles. The fourth-order valence-electron chi connectivity index (χ4n) is 4.10. The molecule has 2 atom stereocenters. The zero-order chi connectivity index (χ0) is 23.0. The minimum Gasteiger partial charge on any atom is -0.507 e. The highest BCUT2D eigenvalue weighted by molar-refractivity contribution is 6.33. The zero-order valence-corrected chi connectivity index (χ0v) is 18.3. The Labute approximate surface area is 188 Å². The summed E-state index contributed by atoms with van der Waals surface area (Å²) in [5.74, 6) is -0.767. The molecule has 0 radical (unpaired) electrons. The number of aliphatic hydroxyl groups is 1. The van der Waals surface area contributed by atoms with Gasteiger partial charge in [-0.05, 0) is 32.1 Å². The van der Waals surface area contributed by atoms with Crippen molar-refractivity contribution >= 4 is 28.7 Å². The van der Waals surface area contributed by atoms with Gasteiger partial charge in [0.05, 0.1) is 18.2 Å². The summed E-state index contributed by atoms with van der Waals surface area (Å²) in [6.07, 6.45) is -1.32. The first-order chi connectivity index (χ1) is 15.3. The number of phenols is 1. The van der Waals surface area contributed by atoms with E-state index in [2.05, 4.69) is 4.74 Å². The van der Waals surface area contributed by atoms with E-state index in [1.54, 1.807) is 24.3 Å². The number of carbonyl (C=O) groups excluding carboxylic acids is 1. The molecule has 0 saturated carbocycles. The number of phenolic OH excluding ortho intramolecular Hbond substituents is 1. The second-order valence-electron chi connectivity index (χ2n) is 7.75. The minimum absolute atomic E-state index is 0.0277. The number of likely N-dealkylation sites (tertiary alicyclic amines) is 1. The van der Waals surface area contributed by atoms with Crippen molar-refractivity contribution < 1.29 is 28.9 Å². The maximum atomic E-state index is 13.2. The maximum Gasteiger partial charge on any atom is 0.513 e. The highest BCUT2D eigenvalue weighted by atomic mass is 35.5. The van der Waals surface area contributed by atoms with Crippen LogP contribution in [0.2, 0.25) is 5.02 Å². The Bertz CT molecular complexity index is 1240. The van der Waals surface area contributed by atoms with Crippen LogP contribution in [0.15, 0.2) is 45.6 Å². The number of hydrogen-bond acceptors (Lipinski definition) is 8. The van der Waals surface area contributed by atoms with Crippen LogP contribution in [0.4, 0.5) is 4.79 Å². The number of methoxy groups -OCH3 is 1. The molecular weight excluding hydrogens is 438 g/mol. The molecule has 0 bridgehead atoms. The van der Waals surface area contributed by atoms with Crippen LogP contribution < -0.4 is 10.2 Å². The van der Waals surface area contributed by atoms with Gasteiger partial charge in [-0.2, -0.15) is 0 Å². The van der Waals surface area contributed by atoms with Gasteiger partial charge in [0.2, 0.25) is 0 Å². The molecule has 1 fully saturated rings. The largest absolute Gasteiger partial charge is 0.513 e. The molecule has 0 aliphatic carbocycles. The monoisotopic (exact) mass is 459 g/mol. The molecule has 1 saturated heterocycles. The van der Waals surface area contributed by atoms with E-state index in [1.165, 1.54) is 12.1 Å². The normalized spacial score (nSPS) is 19.1. The summed E-state index contributed by atoms with van der Waals surface area (Å²) in [6, 6.07) is 9.29. The van der Waals surface area contributed by atoms with E-state index in [-0.39, 0.29) is 33.8 Å². The lowest BCUT2D eigenvalue weighted by atomic mass is 9.85. The van der Waals surface area contributed by atoms with Crippen LogP contribution in [-0.2, 0) is 4.74 Å². The fraction of sp³-hybridized carbons (Fsp3) is 0.304. The lowest BCUT2D eigenvalue weighted by Gasteiger charge is -2.34. The molecule has 0 spiro atoms. The Morgan fingerprint density at radius 2 is 2.03 bits per heavy atom. The molecule has 32 heavy (non-hydrogen) atoms. The average Bonchev–Trinajstić information content (AvgIpc) is 2.74. The molecule has 2 heterocycles. The Morgan fingerprint density at radius 1 is 1.28 bits per heavy atom. The Morgan fingerprint density at radius 3 is 2.72 bits per heavy atom. The van der Waals surface area contributed by atoms with E-state index in [4.69, 9.17) is 20.8 Å². The number of fused-ring (bicyclic) bond motifs is 1. The number of aromatic hydroxyl groups is 1. The SMILES string of the molecule is COC(=O)Oc1cc(O)c([C@H]2CCN(C)C[C@H]2O)c2oc(-c3ccccc3Cl)cc(=O)c12. The summed E-state index contributed by atoms with van der Waals surface area (Å²) >= 11 is 6.30. The van der Waals surface area contributed by atoms with E-state index in [9.17, 15) is 19.8 Å². The van der Waals surface area contributed by atoms with Crippen molar-refractivity contribution in [1.29, 1.82) is 0 Å². The van der Waals surface area contributed by atoms with Gasteiger partial charge >= 0.3 is 6.16 Å². The van der Waals surface area contributed by atoms with E-state index >= 15 is 0 Å². The van der Waals surface area contributed by atoms with Crippen molar-refractivity contribution in [3.63, 3.8) is 0 Å². The summed E-state index contributed by atoms with van der Waals surface area (Å²) in [5, 5.41) is 21.9. The van der Waals surface area contributed by atoms with Crippen molar-refractivity contribution in [1.82, 2.24) is 4.90 Å². The van der Waals surface area contributed by atoms with Crippen molar-refractivity contribution in [2.45, 2.75) is 18.4 Å². The third-order valence-corrected chi connectivity index (χ3v) is 5.97. The van der Waals surface area contributed by atoms with E-state index < -0.39 is 23.6 Å². The summed E-state index contributed by atoms with van der Waals surface area (Å²) in [6.45, 7) is 1.07. The second-order valence-corrected chi connectivity index (χ2v) is 8.15. The lowest BCUT2D eigenvalue weighted by molar-refractivity contribution is 0.0630. The van der Waals surface area contributed by atoms with Crippen LogP contribution in [0.5, 0.6) is 11.5 Å². The number of carbonyl (C=O) groups is 1. The predicted molar refractivity (Wildman–Crippen MR) is 118 cm³/mol. The number of piperidine rings is 1. The molecule has 2 N–H and O–H groups in total. The number of hydrogen-bond donors (Lipinski definition) is 2. The van der Waals surface area contributed by atoms with Gasteiger partial charge in [0, 0.05) is 35.7 Å². The zero-order valence-electron chi connectivity index (χ0n) is 17.5. The first-order valence-corrected chi connectivity index (χ1v) is 10.4. The van der Waals surface area contributed by atoms with Crippen molar-refractivity contribution in [3.05, 3.63) is 57.2 Å². The summed E-state index contributed by atoms with van der Waals surface area (Å²) in [7, 11) is 3.02. The summed E-state index contributed by atoms with van der Waals surface area (Å²) in [5.41, 5.74) is 0.300. The lowest BCUT2D eigenvalue weighted by Crippen LogP contribution is -2.40. The molecular formula is C23H22ClNO7. The molecule has 8 nitrogen and oxygen atoms in total. The van der Waals surface area contributed by atoms with Crippen molar-refractivity contribution in [2.24, 2.45) is 0 Å². The van der Waals surface area contributed by atoms with Gasteiger partial charge in [0.1, 0.15) is 22.5 Å². The first kappa shape index (κ1) is 22.1. The minimum atomic E-state index is -1.05. The molecule has 0 unspecified atom stereocenters. The predicted octanol–water partition coefficient (Wildman–Crippen LogP) is 3.74. The number of halogens is 1. The Balaban J connectivity index is 2.01. The topological polar surface area (TPSA) is 109 Å². The average molecular weight is 460 g/mol. The smallest absolute Gasteiger partial charge is 0.507 e. The van der Waals surface area contributed by atoms with Gasteiger partial charge in [-0.25, -0.2) is 4.79 Å². The molecule has 1 aliphatic rings. The van der Waals surface area contributed by atoms with E-state index in [1.807, 2.05) is 11.9 Å². The quantitative estimate of drug-likeness (QED) is 0.450. The van der Waals surface area contributed by atoms with Crippen molar-refractivity contribution in [2.75, 3.05) is 27.2 Å².